The van der Waals surface area contributed by atoms with Crippen LogP contribution >= 0.6 is 31.9 Å². The number of rotatable bonds is 2. The zero-order valence-corrected chi connectivity index (χ0v) is 13.3. The van der Waals surface area contributed by atoms with Crippen LogP contribution in [-0.4, -0.2) is 41.4 Å². The molecule has 0 spiro atoms. The molecule has 2 unspecified atom stereocenters. The summed E-state index contributed by atoms with van der Waals surface area (Å²) in [7, 11) is 0. The molecule has 0 saturated carbocycles. The van der Waals surface area contributed by atoms with Gasteiger partial charge in [-0.25, -0.2) is 0 Å². The van der Waals surface area contributed by atoms with Gasteiger partial charge in [0.25, 0.3) is 5.91 Å². The van der Waals surface area contributed by atoms with Crippen LogP contribution in [0.15, 0.2) is 28.7 Å². The summed E-state index contributed by atoms with van der Waals surface area (Å²) in [6.45, 7) is 3.24. The summed E-state index contributed by atoms with van der Waals surface area (Å²) in [5.41, 5.74) is 0.714. The molecule has 5 heteroatoms. The molecule has 1 aliphatic heterocycles. The smallest absolute Gasteiger partial charge is 0.254 e. The molecular weight excluding hydrogens is 362 g/mol. The number of alkyl halides is 1. The van der Waals surface area contributed by atoms with E-state index in [4.69, 9.17) is 4.74 Å². The van der Waals surface area contributed by atoms with Gasteiger partial charge in [0.15, 0.2) is 0 Å². The predicted molar refractivity (Wildman–Crippen MR) is 78.2 cm³/mol. The number of morpholine rings is 1. The first kappa shape index (κ1) is 14.0. The van der Waals surface area contributed by atoms with Crippen LogP contribution in [0.4, 0.5) is 0 Å². The quantitative estimate of drug-likeness (QED) is 0.742. The summed E-state index contributed by atoms with van der Waals surface area (Å²) in [6.07, 6.45) is 0.0808. The highest BCUT2D eigenvalue weighted by Crippen LogP contribution is 2.19. The molecule has 2 rings (SSSR count). The second kappa shape index (κ2) is 6.17. The maximum atomic E-state index is 12.5. The molecule has 0 aliphatic carbocycles. The fourth-order valence-corrected chi connectivity index (χ4v) is 2.77. The summed E-state index contributed by atoms with van der Waals surface area (Å²) in [5, 5.41) is 0.752. The minimum absolute atomic E-state index is 0.0676. The van der Waals surface area contributed by atoms with Crippen molar-refractivity contribution in [2.24, 2.45) is 0 Å². The third-order valence-corrected chi connectivity index (χ3v) is 4.23. The largest absolute Gasteiger partial charge is 0.373 e. The Hall–Kier alpha value is -0.390. The van der Waals surface area contributed by atoms with Gasteiger partial charge < -0.3 is 9.64 Å². The van der Waals surface area contributed by atoms with Crippen LogP contribution in [0.1, 0.15) is 17.3 Å². The summed E-state index contributed by atoms with van der Waals surface area (Å²) in [5.74, 6) is 0.0676. The highest BCUT2D eigenvalue weighted by Gasteiger charge is 2.29. The number of carbonyl (C=O) groups excluding carboxylic acids is 1. The van der Waals surface area contributed by atoms with Crippen molar-refractivity contribution in [2.75, 3.05) is 18.5 Å². The average Bonchev–Trinajstić information content (AvgIpc) is 2.38. The van der Waals surface area contributed by atoms with Crippen LogP contribution in [0.2, 0.25) is 0 Å². The van der Waals surface area contributed by atoms with Crippen LogP contribution < -0.4 is 0 Å². The van der Waals surface area contributed by atoms with Crippen molar-refractivity contribution in [1.82, 2.24) is 4.90 Å². The normalized spacial score (nSPS) is 24.1. The Balaban J connectivity index is 2.16. The molecule has 0 radical (unpaired) electrons. The van der Waals surface area contributed by atoms with E-state index in [0.717, 1.165) is 9.80 Å². The van der Waals surface area contributed by atoms with E-state index in [9.17, 15) is 4.79 Å². The zero-order valence-electron chi connectivity index (χ0n) is 10.1. The van der Waals surface area contributed by atoms with Gasteiger partial charge in [-0.1, -0.05) is 37.9 Å². The standard InChI is InChI=1S/C13H15Br2NO2/c1-9-8-18-12(6-14)7-16(9)13(17)10-3-2-4-11(15)5-10/h2-5,9,12H,6-8H2,1H3. The van der Waals surface area contributed by atoms with Gasteiger partial charge >= 0.3 is 0 Å². The fraction of sp³-hybridized carbons (Fsp3) is 0.462. The first-order valence-corrected chi connectivity index (χ1v) is 7.77. The number of ether oxygens (including phenoxy) is 1. The maximum absolute atomic E-state index is 12.5. The molecule has 1 heterocycles. The molecule has 1 aliphatic rings. The van der Waals surface area contributed by atoms with Crippen molar-refractivity contribution in [1.29, 1.82) is 0 Å². The number of amides is 1. The minimum Gasteiger partial charge on any atom is -0.373 e. The highest BCUT2D eigenvalue weighted by atomic mass is 79.9. The Kier molecular flexibility index (Phi) is 4.81. The van der Waals surface area contributed by atoms with E-state index >= 15 is 0 Å². The molecule has 1 saturated heterocycles. The summed E-state index contributed by atoms with van der Waals surface area (Å²) in [4.78, 5) is 14.3. The zero-order chi connectivity index (χ0) is 13.1. The van der Waals surface area contributed by atoms with Gasteiger partial charge in [0.1, 0.15) is 0 Å². The third kappa shape index (κ3) is 3.13. The first-order valence-electron chi connectivity index (χ1n) is 5.86. The monoisotopic (exact) mass is 375 g/mol. The number of hydrogen-bond acceptors (Lipinski definition) is 2. The van der Waals surface area contributed by atoms with Crippen LogP contribution in [-0.2, 0) is 4.74 Å². The number of hydrogen-bond donors (Lipinski definition) is 0. The van der Waals surface area contributed by atoms with Crippen LogP contribution in [0, 0.1) is 0 Å². The molecule has 1 aromatic carbocycles. The molecule has 1 amide bonds. The van der Waals surface area contributed by atoms with E-state index in [0.29, 0.717) is 18.7 Å². The van der Waals surface area contributed by atoms with Gasteiger partial charge in [0.05, 0.1) is 18.8 Å². The molecule has 1 fully saturated rings. The molecular formula is C13H15Br2NO2. The van der Waals surface area contributed by atoms with Crippen molar-refractivity contribution >= 4 is 37.8 Å². The molecule has 18 heavy (non-hydrogen) atoms. The number of benzene rings is 1. The van der Waals surface area contributed by atoms with E-state index in [1.807, 2.05) is 36.1 Å². The molecule has 0 N–H and O–H groups in total. The fourth-order valence-electron chi connectivity index (χ4n) is 1.98. The molecule has 0 aromatic heterocycles. The number of carbonyl (C=O) groups is 1. The van der Waals surface area contributed by atoms with Crippen molar-refractivity contribution in [3.05, 3.63) is 34.3 Å². The molecule has 2 atom stereocenters. The van der Waals surface area contributed by atoms with E-state index in [1.54, 1.807) is 0 Å². The van der Waals surface area contributed by atoms with Gasteiger partial charge in [-0.15, -0.1) is 0 Å². The molecule has 0 bridgehead atoms. The Morgan fingerprint density at radius 1 is 1.56 bits per heavy atom. The second-order valence-electron chi connectivity index (χ2n) is 4.43. The lowest BCUT2D eigenvalue weighted by atomic mass is 10.1. The number of nitrogens with zero attached hydrogens (tertiary/aromatic N) is 1. The Labute approximate surface area is 124 Å². The van der Waals surface area contributed by atoms with Gasteiger partial charge in [-0.3, -0.25) is 4.79 Å². The van der Waals surface area contributed by atoms with E-state index < -0.39 is 0 Å². The molecule has 1 aromatic rings. The summed E-state index contributed by atoms with van der Waals surface area (Å²) < 4.78 is 6.55. The third-order valence-electron chi connectivity index (χ3n) is 3.01. The maximum Gasteiger partial charge on any atom is 0.254 e. The van der Waals surface area contributed by atoms with Gasteiger partial charge in [0.2, 0.25) is 0 Å². The Bertz CT molecular complexity index is 439. The van der Waals surface area contributed by atoms with E-state index in [-0.39, 0.29) is 18.1 Å². The predicted octanol–water partition coefficient (Wildman–Crippen LogP) is 3.07. The number of halogens is 2. The Morgan fingerprint density at radius 2 is 2.33 bits per heavy atom. The SMILES string of the molecule is CC1COC(CBr)CN1C(=O)c1cccc(Br)c1. The van der Waals surface area contributed by atoms with Crippen molar-refractivity contribution in [3.63, 3.8) is 0 Å². The molecule has 3 nitrogen and oxygen atoms in total. The lowest BCUT2D eigenvalue weighted by molar-refractivity contribution is -0.0361. The lowest BCUT2D eigenvalue weighted by Gasteiger charge is -2.37. The summed E-state index contributed by atoms with van der Waals surface area (Å²) in [6, 6.07) is 7.61. The van der Waals surface area contributed by atoms with Crippen LogP contribution in [0.5, 0.6) is 0 Å². The van der Waals surface area contributed by atoms with Crippen molar-refractivity contribution in [3.8, 4) is 0 Å². The van der Waals surface area contributed by atoms with Crippen LogP contribution in [0.25, 0.3) is 0 Å². The minimum atomic E-state index is 0.0676. The van der Waals surface area contributed by atoms with Crippen molar-refractivity contribution < 1.29 is 9.53 Å². The average molecular weight is 377 g/mol. The van der Waals surface area contributed by atoms with E-state index in [1.165, 1.54) is 0 Å². The van der Waals surface area contributed by atoms with Gasteiger partial charge in [-0.05, 0) is 25.1 Å². The van der Waals surface area contributed by atoms with Gasteiger partial charge in [0, 0.05) is 21.9 Å². The van der Waals surface area contributed by atoms with Gasteiger partial charge in [-0.2, -0.15) is 0 Å². The first-order chi connectivity index (χ1) is 8.61. The summed E-state index contributed by atoms with van der Waals surface area (Å²) >= 11 is 6.80. The van der Waals surface area contributed by atoms with E-state index in [2.05, 4.69) is 31.9 Å². The lowest BCUT2D eigenvalue weighted by Crippen LogP contribution is -2.51. The highest BCUT2D eigenvalue weighted by molar-refractivity contribution is 9.10. The Morgan fingerprint density at radius 3 is 3.00 bits per heavy atom. The topological polar surface area (TPSA) is 29.5 Å². The van der Waals surface area contributed by atoms with Crippen molar-refractivity contribution in [2.45, 2.75) is 19.1 Å². The second-order valence-corrected chi connectivity index (χ2v) is 5.99. The van der Waals surface area contributed by atoms with Crippen LogP contribution in [0.3, 0.4) is 0 Å². The molecule has 98 valence electrons.